The molecule has 110 valence electrons. The first-order chi connectivity index (χ1) is 10.6. The fourth-order valence-corrected chi connectivity index (χ4v) is 1.94. The number of carbonyl (C=O) groups is 2. The predicted octanol–water partition coefficient (Wildman–Crippen LogP) is 2.64. The first-order valence-electron chi connectivity index (χ1n) is 6.42. The molecule has 0 saturated heterocycles. The molecule has 0 aromatic heterocycles. The molecule has 0 atom stereocenters. The van der Waals surface area contributed by atoms with Crippen molar-refractivity contribution in [2.75, 3.05) is 14.2 Å². The molecule has 2 aromatic carbocycles. The molecule has 0 N–H and O–H groups in total. The van der Waals surface area contributed by atoms with Crippen molar-refractivity contribution in [3.8, 4) is 17.6 Å². The lowest BCUT2D eigenvalue weighted by Gasteiger charge is -2.08. The Morgan fingerprint density at radius 2 is 1.41 bits per heavy atom. The molecule has 5 nitrogen and oxygen atoms in total. The Labute approximate surface area is 127 Å². The summed E-state index contributed by atoms with van der Waals surface area (Å²) in [4.78, 5) is 24.5. The summed E-state index contributed by atoms with van der Waals surface area (Å²) >= 11 is 0. The van der Waals surface area contributed by atoms with Crippen LogP contribution in [0.2, 0.25) is 0 Å². The highest BCUT2D eigenvalue weighted by Gasteiger charge is 2.20. The summed E-state index contributed by atoms with van der Waals surface area (Å²) in [6, 6.07) is 12.4. The van der Waals surface area contributed by atoms with Crippen LogP contribution >= 0.6 is 0 Å². The number of ketones is 2. The van der Waals surface area contributed by atoms with E-state index in [1.807, 2.05) is 6.07 Å². The lowest BCUT2D eigenvalue weighted by molar-refractivity contribution is 0.0816. The van der Waals surface area contributed by atoms with E-state index in [4.69, 9.17) is 14.7 Å². The van der Waals surface area contributed by atoms with Crippen molar-refractivity contribution < 1.29 is 19.1 Å². The molecule has 0 bridgehead atoms. The van der Waals surface area contributed by atoms with Crippen LogP contribution in [0.1, 0.15) is 26.3 Å². The zero-order chi connectivity index (χ0) is 16.1. The first kappa shape index (κ1) is 15.3. The Hall–Kier alpha value is -3.13. The van der Waals surface area contributed by atoms with Crippen molar-refractivity contribution in [3.05, 3.63) is 59.2 Å². The second-order valence-corrected chi connectivity index (χ2v) is 4.42. The fourth-order valence-electron chi connectivity index (χ4n) is 1.94. The van der Waals surface area contributed by atoms with Crippen LogP contribution in [0.4, 0.5) is 0 Å². The van der Waals surface area contributed by atoms with Gasteiger partial charge < -0.3 is 9.47 Å². The summed E-state index contributed by atoms with van der Waals surface area (Å²) in [6.07, 6.45) is 0. The van der Waals surface area contributed by atoms with E-state index in [-0.39, 0.29) is 11.1 Å². The zero-order valence-corrected chi connectivity index (χ0v) is 12.1. The third-order valence-corrected chi connectivity index (χ3v) is 3.13. The monoisotopic (exact) mass is 295 g/mol. The third-order valence-electron chi connectivity index (χ3n) is 3.13. The molecule has 5 heteroatoms. The summed E-state index contributed by atoms with van der Waals surface area (Å²) in [5, 5.41) is 8.73. The van der Waals surface area contributed by atoms with Crippen LogP contribution in [0.15, 0.2) is 42.5 Å². The minimum absolute atomic E-state index is 0.215. The molecule has 0 aliphatic carbocycles. The molecule has 0 spiro atoms. The number of hydrogen-bond donors (Lipinski definition) is 0. The normalized spacial score (nSPS) is 9.68. The van der Waals surface area contributed by atoms with Gasteiger partial charge >= 0.3 is 0 Å². The maximum atomic E-state index is 12.3. The molecule has 0 amide bonds. The summed E-state index contributed by atoms with van der Waals surface area (Å²) in [6.45, 7) is 0. The minimum Gasteiger partial charge on any atom is -0.493 e. The highest BCUT2D eigenvalue weighted by Crippen LogP contribution is 2.28. The molecule has 22 heavy (non-hydrogen) atoms. The van der Waals surface area contributed by atoms with Gasteiger partial charge in [0, 0.05) is 11.1 Å². The SMILES string of the molecule is COc1ccc(C(=O)C(=O)c2ccc(C#N)cc2)cc1OC. The van der Waals surface area contributed by atoms with Gasteiger partial charge in [0.1, 0.15) is 0 Å². The smallest absolute Gasteiger partial charge is 0.233 e. The summed E-state index contributed by atoms with van der Waals surface area (Å²) < 4.78 is 10.2. The molecule has 0 unspecified atom stereocenters. The largest absolute Gasteiger partial charge is 0.493 e. The van der Waals surface area contributed by atoms with Gasteiger partial charge in [0.2, 0.25) is 11.6 Å². The van der Waals surface area contributed by atoms with Gasteiger partial charge in [0.15, 0.2) is 11.5 Å². The Kier molecular flexibility index (Phi) is 4.54. The van der Waals surface area contributed by atoms with E-state index in [0.29, 0.717) is 17.1 Å². The Morgan fingerprint density at radius 3 is 1.95 bits per heavy atom. The molecular weight excluding hydrogens is 282 g/mol. The average molecular weight is 295 g/mol. The number of ether oxygens (including phenoxy) is 2. The standard InChI is InChI=1S/C17H13NO4/c1-21-14-8-7-13(9-15(14)22-2)17(20)16(19)12-5-3-11(10-18)4-6-12/h3-9H,1-2H3. The van der Waals surface area contributed by atoms with Crippen LogP contribution in [0, 0.1) is 11.3 Å². The van der Waals surface area contributed by atoms with E-state index in [1.165, 1.54) is 50.6 Å². The molecule has 0 radical (unpaired) electrons. The minimum atomic E-state index is -0.648. The van der Waals surface area contributed by atoms with Gasteiger partial charge in [-0.25, -0.2) is 0 Å². The molecular formula is C17H13NO4. The van der Waals surface area contributed by atoms with Crippen LogP contribution in [-0.2, 0) is 0 Å². The number of nitriles is 1. The molecule has 0 aliphatic heterocycles. The quantitative estimate of drug-likeness (QED) is 0.626. The maximum Gasteiger partial charge on any atom is 0.233 e. The predicted molar refractivity (Wildman–Crippen MR) is 79.4 cm³/mol. The lowest BCUT2D eigenvalue weighted by atomic mass is 10.0. The summed E-state index contributed by atoms with van der Waals surface area (Å²) in [7, 11) is 2.94. The van der Waals surface area contributed by atoms with Gasteiger partial charge in [-0.2, -0.15) is 5.26 Å². The number of carbonyl (C=O) groups excluding carboxylic acids is 2. The molecule has 0 fully saturated rings. The molecule has 2 aromatic rings. The van der Waals surface area contributed by atoms with Crippen LogP contribution < -0.4 is 9.47 Å². The van der Waals surface area contributed by atoms with Gasteiger partial charge in [-0.15, -0.1) is 0 Å². The number of hydrogen-bond acceptors (Lipinski definition) is 5. The van der Waals surface area contributed by atoms with Crippen molar-refractivity contribution in [1.82, 2.24) is 0 Å². The van der Waals surface area contributed by atoms with Crippen molar-refractivity contribution in [3.63, 3.8) is 0 Å². The first-order valence-corrected chi connectivity index (χ1v) is 6.42. The van der Waals surface area contributed by atoms with E-state index < -0.39 is 11.6 Å². The highest BCUT2D eigenvalue weighted by molar-refractivity contribution is 6.49. The second kappa shape index (κ2) is 6.55. The number of rotatable bonds is 5. The molecule has 0 aliphatic rings. The molecule has 0 saturated carbocycles. The Morgan fingerprint density at radius 1 is 0.864 bits per heavy atom. The van der Waals surface area contributed by atoms with E-state index in [1.54, 1.807) is 6.07 Å². The van der Waals surface area contributed by atoms with Gasteiger partial charge in [-0.05, 0) is 42.5 Å². The second-order valence-electron chi connectivity index (χ2n) is 4.42. The van der Waals surface area contributed by atoms with E-state index >= 15 is 0 Å². The van der Waals surface area contributed by atoms with Gasteiger partial charge in [-0.1, -0.05) is 0 Å². The average Bonchev–Trinajstić information content (AvgIpc) is 2.59. The van der Waals surface area contributed by atoms with Crippen LogP contribution in [0.25, 0.3) is 0 Å². The van der Waals surface area contributed by atoms with Gasteiger partial charge in [-0.3, -0.25) is 9.59 Å². The van der Waals surface area contributed by atoms with Crippen LogP contribution in [0.5, 0.6) is 11.5 Å². The number of Topliss-reactive ketones (excluding diaryl/α,β-unsaturated/α-hetero) is 2. The summed E-state index contributed by atoms with van der Waals surface area (Å²) in [5.41, 5.74) is 0.876. The van der Waals surface area contributed by atoms with Crippen molar-refractivity contribution in [1.29, 1.82) is 5.26 Å². The molecule has 0 heterocycles. The van der Waals surface area contributed by atoms with E-state index in [9.17, 15) is 9.59 Å². The number of methoxy groups -OCH3 is 2. The van der Waals surface area contributed by atoms with Crippen LogP contribution in [0.3, 0.4) is 0 Å². The Balaban J connectivity index is 2.30. The highest BCUT2D eigenvalue weighted by atomic mass is 16.5. The number of benzene rings is 2. The lowest BCUT2D eigenvalue weighted by Crippen LogP contribution is -2.14. The van der Waals surface area contributed by atoms with Crippen LogP contribution in [-0.4, -0.2) is 25.8 Å². The maximum absolute atomic E-state index is 12.3. The van der Waals surface area contributed by atoms with Crippen molar-refractivity contribution >= 4 is 11.6 Å². The van der Waals surface area contributed by atoms with Crippen molar-refractivity contribution in [2.24, 2.45) is 0 Å². The summed E-state index contributed by atoms with van der Waals surface area (Å²) in [5.74, 6) is -0.437. The third kappa shape index (κ3) is 2.96. The van der Waals surface area contributed by atoms with Gasteiger partial charge in [0.05, 0.1) is 25.9 Å². The van der Waals surface area contributed by atoms with E-state index in [2.05, 4.69) is 0 Å². The molecule has 2 rings (SSSR count). The fraction of sp³-hybridized carbons (Fsp3) is 0.118. The number of nitrogens with zero attached hydrogens (tertiary/aromatic N) is 1. The van der Waals surface area contributed by atoms with Crippen molar-refractivity contribution in [2.45, 2.75) is 0 Å². The Bertz CT molecular complexity index is 757. The topological polar surface area (TPSA) is 76.4 Å². The van der Waals surface area contributed by atoms with E-state index in [0.717, 1.165) is 0 Å². The zero-order valence-electron chi connectivity index (χ0n) is 12.1. The van der Waals surface area contributed by atoms with Gasteiger partial charge in [0.25, 0.3) is 0 Å².